The molecule has 23 heavy (non-hydrogen) atoms. The van der Waals surface area contributed by atoms with Crippen molar-refractivity contribution in [2.75, 3.05) is 11.4 Å². The maximum Gasteiger partial charge on any atom is 0.271 e. The van der Waals surface area contributed by atoms with Crippen molar-refractivity contribution in [2.45, 2.75) is 12.8 Å². The zero-order chi connectivity index (χ0) is 16.1. The van der Waals surface area contributed by atoms with E-state index >= 15 is 0 Å². The van der Waals surface area contributed by atoms with E-state index in [1.54, 1.807) is 41.6 Å². The third-order valence-electron chi connectivity index (χ3n) is 3.56. The van der Waals surface area contributed by atoms with E-state index in [9.17, 15) is 9.59 Å². The fourth-order valence-corrected chi connectivity index (χ4v) is 2.42. The van der Waals surface area contributed by atoms with E-state index in [0.717, 1.165) is 17.7 Å². The Bertz CT molecular complexity index is 743. The number of benzene rings is 1. The van der Waals surface area contributed by atoms with Crippen LogP contribution >= 0.6 is 0 Å². The van der Waals surface area contributed by atoms with Gasteiger partial charge in [0.2, 0.25) is 5.91 Å². The van der Waals surface area contributed by atoms with Gasteiger partial charge in [0.25, 0.3) is 5.91 Å². The SMILES string of the molecule is O=C(N/N=C\c1cccnc1)c1cccc(N2CCCC2=O)c1. The van der Waals surface area contributed by atoms with Gasteiger partial charge in [-0.3, -0.25) is 14.6 Å². The summed E-state index contributed by atoms with van der Waals surface area (Å²) in [5.74, 6) is -0.226. The topological polar surface area (TPSA) is 74.7 Å². The van der Waals surface area contributed by atoms with Crippen LogP contribution in [0.1, 0.15) is 28.8 Å². The summed E-state index contributed by atoms with van der Waals surface area (Å²) in [5.41, 5.74) is 4.48. The van der Waals surface area contributed by atoms with Gasteiger partial charge in [0.05, 0.1) is 6.21 Å². The molecule has 0 spiro atoms. The molecule has 0 unspecified atom stereocenters. The minimum Gasteiger partial charge on any atom is -0.312 e. The monoisotopic (exact) mass is 308 g/mol. The average Bonchev–Trinajstić information content (AvgIpc) is 3.02. The summed E-state index contributed by atoms with van der Waals surface area (Å²) in [6.07, 6.45) is 6.26. The van der Waals surface area contributed by atoms with E-state index in [1.165, 1.54) is 6.21 Å². The van der Waals surface area contributed by atoms with Gasteiger partial charge in [-0.25, -0.2) is 5.43 Å². The highest BCUT2D eigenvalue weighted by Crippen LogP contribution is 2.22. The maximum absolute atomic E-state index is 12.1. The maximum atomic E-state index is 12.1. The molecule has 116 valence electrons. The lowest BCUT2D eigenvalue weighted by Crippen LogP contribution is -2.24. The van der Waals surface area contributed by atoms with Gasteiger partial charge < -0.3 is 4.90 Å². The highest BCUT2D eigenvalue weighted by atomic mass is 16.2. The van der Waals surface area contributed by atoms with Crippen LogP contribution in [0.5, 0.6) is 0 Å². The van der Waals surface area contributed by atoms with E-state index in [4.69, 9.17) is 0 Å². The summed E-state index contributed by atoms with van der Waals surface area (Å²) in [5, 5.41) is 3.91. The predicted molar refractivity (Wildman–Crippen MR) is 87.3 cm³/mol. The molecular weight excluding hydrogens is 292 g/mol. The first-order valence-corrected chi connectivity index (χ1v) is 7.38. The summed E-state index contributed by atoms with van der Waals surface area (Å²) in [4.78, 5) is 29.6. The number of nitrogens with one attached hydrogen (secondary N) is 1. The molecule has 2 heterocycles. The summed E-state index contributed by atoms with van der Waals surface area (Å²) in [6.45, 7) is 0.697. The number of rotatable bonds is 4. The number of hydrazone groups is 1. The van der Waals surface area contributed by atoms with Crippen LogP contribution in [0.4, 0.5) is 5.69 Å². The second-order valence-corrected chi connectivity index (χ2v) is 5.18. The first kappa shape index (κ1) is 14.9. The Hall–Kier alpha value is -3.02. The van der Waals surface area contributed by atoms with Crippen molar-refractivity contribution in [3.63, 3.8) is 0 Å². The van der Waals surface area contributed by atoms with Crippen LogP contribution in [0, 0.1) is 0 Å². The number of nitrogens with zero attached hydrogens (tertiary/aromatic N) is 3. The van der Waals surface area contributed by atoms with Crippen LogP contribution < -0.4 is 10.3 Å². The molecule has 2 aromatic rings. The number of hydrogen-bond donors (Lipinski definition) is 1. The van der Waals surface area contributed by atoms with Gasteiger partial charge in [0.15, 0.2) is 0 Å². The largest absolute Gasteiger partial charge is 0.312 e. The molecule has 1 aromatic carbocycles. The Morgan fingerprint density at radius 1 is 1.30 bits per heavy atom. The number of anilines is 1. The Morgan fingerprint density at radius 3 is 2.96 bits per heavy atom. The minimum absolute atomic E-state index is 0.0946. The van der Waals surface area contributed by atoms with Crippen LogP contribution in [-0.4, -0.2) is 29.6 Å². The van der Waals surface area contributed by atoms with E-state index in [-0.39, 0.29) is 11.8 Å². The van der Waals surface area contributed by atoms with Crippen LogP contribution in [0.2, 0.25) is 0 Å². The Balaban J connectivity index is 1.68. The molecular formula is C17H16N4O2. The molecule has 0 radical (unpaired) electrons. The van der Waals surface area contributed by atoms with Crippen LogP contribution in [0.25, 0.3) is 0 Å². The zero-order valence-corrected chi connectivity index (χ0v) is 12.5. The van der Waals surface area contributed by atoms with Crippen molar-refractivity contribution in [3.8, 4) is 0 Å². The average molecular weight is 308 g/mol. The third kappa shape index (κ3) is 3.60. The lowest BCUT2D eigenvalue weighted by molar-refractivity contribution is -0.117. The van der Waals surface area contributed by atoms with E-state index in [0.29, 0.717) is 18.5 Å². The quantitative estimate of drug-likeness (QED) is 0.693. The second-order valence-electron chi connectivity index (χ2n) is 5.18. The lowest BCUT2D eigenvalue weighted by Gasteiger charge is -2.16. The van der Waals surface area contributed by atoms with Crippen molar-refractivity contribution in [2.24, 2.45) is 5.10 Å². The van der Waals surface area contributed by atoms with Gasteiger partial charge in [-0.2, -0.15) is 5.10 Å². The molecule has 0 bridgehead atoms. The van der Waals surface area contributed by atoms with Crippen molar-refractivity contribution < 1.29 is 9.59 Å². The van der Waals surface area contributed by atoms with Crippen molar-refractivity contribution in [1.29, 1.82) is 0 Å². The molecule has 1 fully saturated rings. The Morgan fingerprint density at radius 2 is 2.22 bits per heavy atom. The summed E-state index contributed by atoms with van der Waals surface area (Å²) < 4.78 is 0. The molecule has 1 aliphatic rings. The van der Waals surface area contributed by atoms with Gasteiger partial charge in [-0.15, -0.1) is 0 Å². The Kier molecular flexibility index (Phi) is 4.42. The van der Waals surface area contributed by atoms with E-state index < -0.39 is 0 Å². The first-order chi connectivity index (χ1) is 11.2. The highest BCUT2D eigenvalue weighted by molar-refractivity contribution is 5.99. The van der Waals surface area contributed by atoms with E-state index in [1.807, 2.05) is 12.1 Å². The summed E-state index contributed by atoms with van der Waals surface area (Å²) in [7, 11) is 0. The molecule has 0 aliphatic carbocycles. The van der Waals surface area contributed by atoms with Gasteiger partial charge >= 0.3 is 0 Å². The van der Waals surface area contributed by atoms with Crippen molar-refractivity contribution >= 4 is 23.7 Å². The lowest BCUT2D eigenvalue weighted by atomic mass is 10.2. The number of pyridine rings is 1. The molecule has 3 rings (SSSR count). The van der Waals surface area contributed by atoms with E-state index in [2.05, 4.69) is 15.5 Å². The molecule has 6 nitrogen and oxygen atoms in total. The third-order valence-corrected chi connectivity index (χ3v) is 3.56. The minimum atomic E-state index is -0.321. The Labute approximate surface area is 133 Å². The first-order valence-electron chi connectivity index (χ1n) is 7.38. The zero-order valence-electron chi connectivity index (χ0n) is 12.5. The fraction of sp³-hybridized carbons (Fsp3) is 0.176. The van der Waals surface area contributed by atoms with Gasteiger partial charge in [-0.05, 0) is 30.7 Å². The molecule has 1 N–H and O–H groups in total. The number of carbonyl (C=O) groups is 2. The van der Waals surface area contributed by atoms with Gasteiger partial charge in [0.1, 0.15) is 0 Å². The number of hydrogen-bond acceptors (Lipinski definition) is 4. The van der Waals surface area contributed by atoms with Gasteiger partial charge in [0, 0.05) is 42.2 Å². The van der Waals surface area contributed by atoms with Crippen LogP contribution in [0.3, 0.4) is 0 Å². The molecule has 1 aliphatic heterocycles. The molecule has 2 amide bonds. The molecule has 0 atom stereocenters. The molecule has 6 heteroatoms. The highest BCUT2D eigenvalue weighted by Gasteiger charge is 2.22. The number of amides is 2. The standard InChI is InChI=1S/C17H16N4O2/c22-16-7-3-9-21(16)15-6-1-5-14(10-15)17(23)20-19-12-13-4-2-8-18-11-13/h1-2,4-6,8,10-12H,3,7,9H2,(H,20,23)/b19-12-. The number of carbonyl (C=O) groups excluding carboxylic acids is 2. The van der Waals surface area contributed by atoms with Crippen molar-refractivity contribution in [3.05, 3.63) is 59.9 Å². The fourth-order valence-electron chi connectivity index (χ4n) is 2.42. The number of aromatic nitrogens is 1. The second kappa shape index (κ2) is 6.83. The normalized spacial score (nSPS) is 14.4. The predicted octanol–water partition coefficient (Wildman–Crippen LogP) is 1.97. The van der Waals surface area contributed by atoms with Crippen LogP contribution in [-0.2, 0) is 4.79 Å². The molecule has 1 aromatic heterocycles. The summed E-state index contributed by atoms with van der Waals surface area (Å²) in [6, 6.07) is 10.6. The summed E-state index contributed by atoms with van der Waals surface area (Å²) >= 11 is 0. The molecule has 1 saturated heterocycles. The molecule has 0 saturated carbocycles. The van der Waals surface area contributed by atoms with Gasteiger partial charge in [-0.1, -0.05) is 12.1 Å². The van der Waals surface area contributed by atoms with Crippen molar-refractivity contribution in [1.82, 2.24) is 10.4 Å². The van der Waals surface area contributed by atoms with Crippen LogP contribution in [0.15, 0.2) is 53.9 Å². The smallest absolute Gasteiger partial charge is 0.271 e.